The number of pyridine rings is 2. The third kappa shape index (κ3) is 10.6. The normalized spacial score (nSPS) is 13.7. The number of fused-ring (bicyclic) bond motifs is 2. The average molecular weight is 806 g/mol. The highest BCUT2D eigenvalue weighted by molar-refractivity contribution is 6.63. The highest BCUT2D eigenvalue weighted by atomic mass is 35.5. The van der Waals surface area contributed by atoms with E-state index in [1.807, 2.05) is 39.2 Å². The lowest BCUT2D eigenvalue weighted by molar-refractivity contribution is -0.121. The minimum Gasteiger partial charge on any atom is -0.342 e. The van der Waals surface area contributed by atoms with Crippen molar-refractivity contribution in [2.75, 3.05) is 47.9 Å². The third-order valence-corrected chi connectivity index (χ3v) is 10.9. The minimum atomic E-state index is -0.269. The fourth-order valence-electron chi connectivity index (χ4n) is 7.07. The van der Waals surface area contributed by atoms with Crippen molar-refractivity contribution in [1.29, 1.82) is 0 Å². The van der Waals surface area contributed by atoms with Crippen LogP contribution in [0.2, 0.25) is 0 Å². The van der Waals surface area contributed by atoms with Gasteiger partial charge in [0.2, 0.25) is 23.0 Å². The number of carbonyl (C=O) groups is 2. The maximum Gasteiger partial charge on any atom is 0.229 e. The Labute approximate surface area is 349 Å². The molecule has 4 aromatic heterocycles. The monoisotopic (exact) mass is 805 g/mol. The summed E-state index contributed by atoms with van der Waals surface area (Å²) in [6.07, 6.45) is 9.59. The van der Waals surface area contributed by atoms with E-state index in [9.17, 15) is 9.59 Å². The van der Waals surface area contributed by atoms with Crippen LogP contribution >= 0.6 is 11.6 Å². The van der Waals surface area contributed by atoms with Gasteiger partial charge in [-0.25, -0.2) is 9.97 Å². The fourth-order valence-corrected chi connectivity index (χ4v) is 7.07. The van der Waals surface area contributed by atoms with E-state index in [-0.39, 0.29) is 30.4 Å². The molecule has 2 aromatic carbocycles. The van der Waals surface area contributed by atoms with E-state index >= 15 is 0 Å². The zero-order valence-corrected chi connectivity index (χ0v) is 35.0. The van der Waals surface area contributed by atoms with Crippen molar-refractivity contribution in [2.45, 2.75) is 87.2 Å². The molecule has 0 radical (unpaired) electrons. The summed E-state index contributed by atoms with van der Waals surface area (Å²) in [6, 6.07) is 25.3. The molecule has 6 aromatic rings. The van der Waals surface area contributed by atoms with E-state index in [2.05, 4.69) is 96.5 Å². The largest absolute Gasteiger partial charge is 0.342 e. The molecule has 2 aliphatic rings. The van der Waals surface area contributed by atoms with Crippen LogP contribution in [0.4, 0.5) is 17.6 Å². The number of rotatable bonds is 10. The van der Waals surface area contributed by atoms with Gasteiger partial charge < -0.3 is 23.8 Å². The summed E-state index contributed by atoms with van der Waals surface area (Å²) in [5.41, 5.74) is 8.29. The number of benzene rings is 2. The number of imidazole rings is 2. The van der Waals surface area contributed by atoms with Crippen LogP contribution in [0.5, 0.6) is 0 Å². The second kappa shape index (κ2) is 20.4. The Morgan fingerprint density at radius 3 is 1.52 bits per heavy atom. The molecule has 12 heteroatoms. The standard InChI is InChI=1S/C22H27N5O.C19H22N4.C4H7ClO.CH4/c1-16(2)21(28)25(3)18-13-19-20(23-14-18)24-22(26-11-7-8-12-26)27(19)15-17-9-5-4-6-10-17;1-2-15-12-17-18(20-13-15)21-19(22-10-6-7-11-22)23(17)14-16-8-4-3-5-9-16;1-3(2)4(5)6;/h4-6,9-10,13-14,16H,7-8,11-12,15H2,1-3H3;3-5,8-9,12-13H,2,6-7,10-11,14H2,1H3;3H,1-2H3;1H4. The maximum absolute atomic E-state index is 12.4. The van der Waals surface area contributed by atoms with E-state index < -0.39 is 0 Å². The molecule has 1 amide bonds. The van der Waals surface area contributed by atoms with Gasteiger partial charge in [-0.3, -0.25) is 9.59 Å². The number of carbonyl (C=O) groups excluding carboxylic acids is 2. The van der Waals surface area contributed by atoms with Gasteiger partial charge in [-0.05, 0) is 72.5 Å². The highest BCUT2D eigenvalue weighted by Gasteiger charge is 2.24. The number of aryl methyl sites for hydroxylation is 1. The van der Waals surface area contributed by atoms with Crippen molar-refractivity contribution in [3.63, 3.8) is 0 Å². The Hall–Kier alpha value is -5.29. The van der Waals surface area contributed by atoms with Crippen LogP contribution in [0.1, 0.15) is 84.4 Å². The van der Waals surface area contributed by atoms with Crippen LogP contribution in [0, 0.1) is 11.8 Å². The Morgan fingerprint density at radius 1 is 0.672 bits per heavy atom. The quantitative estimate of drug-likeness (QED) is 0.126. The molecule has 308 valence electrons. The number of amides is 1. The Morgan fingerprint density at radius 2 is 1.10 bits per heavy atom. The molecule has 0 bridgehead atoms. The fraction of sp³-hybridized carbons (Fsp3) is 0.435. The minimum absolute atomic E-state index is 0. The maximum atomic E-state index is 12.4. The first-order valence-electron chi connectivity index (χ1n) is 20.3. The second-order valence-corrected chi connectivity index (χ2v) is 15.8. The number of nitrogens with zero attached hydrogens (tertiary/aromatic N) is 9. The van der Waals surface area contributed by atoms with E-state index in [1.54, 1.807) is 24.9 Å². The number of halogens is 1. The SMILES string of the molecule is C.CC(C)C(=O)Cl.CC(C)C(=O)N(C)c1cnc2nc(N3CCCC3)n(Cc3ccccc3)c2c1.CCc1cnc2nc(N3CCCC3)n(Cc3ccccc3)c2c1. The van der Waals surface area contributed by atoms with Crippen molar-refractivity contribution < 1.29 is 9.59 Å². The first kappa shape index (κ1) is 43.8. The molecule has 0 aliphatic carbocycles. The zero-order chi connectivity index (χ0) is 40.5. The Balaban J connectivity index is 0.000000193. The third-order valence-electron chi connectivity index (χ3n) is 10.4. The van der Waals surface area contributed by atoms with Crippen LogP contribution < -0.4 is 14.7 Å². The molecule has 2 saturated heterocycles. The lowest BCUT2D eigenvalue weighted by Gasteiger charge is -2.20. The van der Waals surface area contributed by atoms with E-state index in [0.29, 0.717) is 0 Å². The average Bonchev–Trinajstić information content (AvgIpc) is 4.06. The molecule has 0 atom stereocenters. The van der Waals surface area contributed by atoms with Crippen LogP contribution in [-0.2, 0) is 29.1 Å². The molecular formula is C46H60ClN9O2. The van der Waals surface area contributed by atoms with E-state index in [1.165, 1.54) is 42.4 Å². The van der Waals surface area contributed by atoms with Gasteiger partial charge in [-0.2, -0.15) is 9.97 Å². The Bertz CT molecular complexity index is 2240. The first-order chi connectivity index (χ1) is 27.5. The lowest BCUT2D eigenvalue weighted by Crippen LogP contribution is -2.30. The van der Waals surface area contributed by atoms with Crippen molar-refractivity contribution in [3.05, 3.63) is 102 Å². The molecule has 0 spiro atoms. The number of hydrogen-bond acceptors (Lipinski definition) is 8. The molecule has 0 N–H and O–H groups in total. The van der Waals surface area contributed by atoms with Crippen LogP contribution in [0.25, 0.3) is 22.3 Å². The van der Waals surface area contributed by atoms with Gasteiger partial charge in [0.05, 0.1) is 36.0 Å². The van der Waals surface area contributed by atoms with Gasteiger partial charge in [0.15, 0.2) is 11.3 Å². The summed E-state index contributed by atoms with van der Waals surface area (Å²) in [6.45, 7) is 15.3. The number of aromatic nitrogens is 6. The van der Waals surface area contributed by atoms with Crippen LogP contribution in [-0.4, -0.2) is 73.4 Å². The molecule has 58 heavy (non-hydrogen) atoms. The number of anilines is 3. The molecule has 11 nitrogen and oxygen atoms in total. The summed E-state index contributed by atoms with van der Waals surface area (Å²) >= 11 is 4.97. The van der Waals surface area contributed by atoms with Crippen LogP contribution in [0.15, 0.2) is 85.2 Å². The van der Waals surface area contributed by atoms with Crippen molar-refractivity contribution in [2.24, 2.45) is 11.8 Å². The topological polar surface area (TPSA) is 105 Å². The summed E-state index contributed by atoms with van der Waals surface area (Å²) in [5.74, 6) is 2.04. The van der Waals surface area contributed by atoms with Gasteiger partial charge in [-0.15, -0.1) is 0 Å². The molecule has 0 unspecified atom stereocenters. The zero-order valence-electron chi connectivity index (χ0n) is 34.2. The molecule has 2 fully saturated rings. The van der Waals surface area contributed by atoms with Crippen molar-refractivity contribution in [1.82, 2.24) is 29.1 Å². The molecular weight excluding hydrogens is 746 g/mol. The van der Waals surface area contributed by atoms with Crippen LogP contribution in [0.3, 0.4) is 0 Å². The highest BCUT2D eigenvalue weighted by Crippen LogP contribution is 2.29. The first-order valence-corrected chi connectivity index (χ1v) is 20.7. The van der Waals surface area contributed by atoms with E-state index in [4.69, 9.17) is 21.6 Å². The van der Waals surface area contributed by atoms with Gasteiger partial charge in [0.25, 0.3) is 0 Å². The molecule has 6 heterocycles. The smallest absolute Gasteiger partial charge is 0.229 e. The van der Waals surface area contributed by atoms with E-state index in [0.717, 1.165) is 85.6 Å². The summed E-state index contributed by atoms with van der Waals surface area (Å²) in [4.78, 5) is 47.6. The lowest BCUT2D eigenvalue weighted by atomic mass is 10.2. The summed E-state index contributed by atoms with van der Waals surface area (Å²) in [5, 5.41) is -0.269. The van der Waals surface area contributed by atoms with Gasteiger partial charge in [-0.1, -0.05) is 103 Å². The van der Waals surface area contributed by atoms with Crippen molar-refractivity contribution >= 4 is 62.7 Å². The summed E-state index contributed by atoms with van der Waals surface area (Å²) in [7, 11) is 1.81. The molecule has 8 rings (SSSR count). The second-order valence-electron chi connectivity index (χ2n) is 15.4. The summed E-state index contributed by atoms with van der Waals surface area (Å²) < 4.78 is 4.57. The van der Waals surface area contributed by atoms with Gasteiger partial charge >= 0.3 is 0 Å². The van der Waals surface area contributed by atoms with Gasteiger partial charge in [0, 0.05) is 51.3 Å². The Kier molecular flexibility index (Phi) is 15.4. The van der Waals surface area contributed by atoms with Gasteiger partial charge in [0.1, 0.15) is 0 Å². The predicted octanol–water partition coefficient (Wildman–Crippen LogP) is 9.38. The predicted molar refractivity (Wildman–Crippen MR) is 239 cm³/mol. The molecule has 0 saturated carbocycles. The number of hydrogen-bond donors (Lipinski definition) is 0. The van der Waals surface area contributed by atoms with Crippen molar-refractivity contribution in [3.8, 4) is 0 Å². The molecule has 2 aliphatic heterocycles.